The molecule has 4 heteroatoms. The summed E-state index contributed by atoms with van der Waals surface area (Å²) in [6.45, 7) is 2.73. The molecule has 3 N–H and O–H groups in total. The van der Waals surface area contributed by atoms with Crippen LogP contribution < -0.4 is 16.0 Å². The molecule has 0 spiro atoms. The van der Waals surface area contributed by atoms with Crippen molar-refractivity contribution in [2.24, 2.45) is 5.73 Å². The summed E-state index contributed by atoms with van der Waals surface area (Å²) in [5.74, 6) is 0.0947. The van der Waals surface area contributed by atoms with Crippen molar-refractivity contribution < 1.29 is 4.79 Å². The second-order valence-corrected chi connectivity index (χ2v) is 3.98. The molecule has 0 aliphatic carbocycles. The van der Waals surface area contributed by atoms with Crippen LogP contribution in [-0.4, -0.2) is 32.1 Å². The standard InChI is InChI=1S/C12H17N3O/c13-6-5-10-1-3-11(4-2-10)15-8-7-14-12(16)9-15/h1-4H,5-9,13H2,(H,14,16). The lowest BCUT2D eigenvalue weighted by molar-refractivity contribution is -0.120. The minimum atomic E-state index is 0.0947. The zero-order chi connectivity index (χ0) is 11.4. The molecule has 0 atom stereocenters. The molecule has 0 unspecified atom stereocenters. The summed E-state index contributed by atoms with van der Waals surface area (Å²) >= 11 is 0. The number of nitrogens with zero attached hydrogens (tertiary/aromatic N) is 1. The van der Waals surface area contributed by atoms with Gasteiger partial charge in [-0.3, -0.25) is 4.79 Å². The normalized spacial score (nSPS) is 16.1. The van der Waals surface area contributed by atoms with Crippen molar-refractivity contribution in [3.8, 4) is 0 Å². The Bertz CT molecular complexity index is 361. The summed E-state index contributed by atoms with van der Waals surface area (Å²) in [4.78, 5) is 13.3. The Morgan fingerprint density at radius 3 is 2.69 bits per heavy atom. The van der Waals surface area contributed by atoms with Crippen LogP contribution in [0, 0.1) is 0 Å². The molecule has 1 aliphatic rings. The van der Waals surface area contributed by atoms with Gasteiger partial charge < -0.3 is 16.0 Å². The fourth-order valence-electron chi connectivity index (χ4n) is 1.90. The number of carbonyl (C=O) groups excluding carboxylic acids is 1. The van der Waals surface area contributed by atoms with Crippen molar-refractivity contribution >= 4 is 11.6 Å². The zero-order valence-electron chi connectivity index (χ0n) is 9.28. The van der Waals surface area contributed by atoms with Gasteiger partial charge in [0.2, 0.25) is 5.91 Å². The molecule has 1 saturated heterocycles. The molecule has 1 aliphatic heterocycles. The monoisotopic (exact) mass is 219 g/mol. The molecule has 0 bridgehead atoms. The second kappa shape index (κ2) is 4.99. The highest BCUT2D eigenvalue weighted by Crippen LogP contribution is 2.16. The molecule has 0 aromatic heterocycles. The van der Waals surface area contributed by atoms with Gasteiger partial charge >= 0.3 is 0 Å². The molecule has 4 nitrogen and oxygen atoms in total. The highest BCUT2D eigenvalue weighted by molar-refractivity contribution is 5.82. The first-order valence-corrected chi connectivity index (χ1v) is 5.60. The first-order valence-electron chi connectivity index (χ1n) is 5.60. The van der Waals surface area contributed by atoms with E-state index >= 15 is 0 Å². The van der Waals surface area contributed by atoms with Gasteiger partial charge in [0.05, 0.1) is 6.54 Å². The Balaban J connectivity index is 2.05. The van der Waals surface area contributed by atoms with Gasteiger partial charge in [0.1, 0.15) is 0 Å². The number of nitrogens with two attached hydrogens (primary N) is 1. The maximum Gasteiger partial charge on any atom is 0.239 e. The van der Waals surface area contributed by atoms with Crippen LogP contribution in [0.4, 0.5) is 5.69 Å². The molecular formula is C12H17N3O. The summed E-state index contributed by atoms with van der Waals surface area (Å²) in [6.07, 6.45) is 0.904. The second-order valence-electron chi connectivity index (χ2n) is 3.98. The Kier molecular flexibility index (Phi) is 3.41. The van der Waals surface area contributed by atoms with E-state index in [1.165, 1.54) is 5.56 Å². The molecule has 1 aromatic rings. The largest absolute Gasteiger partial charge is 0.360 e. The van der Waals surface area contributed by atoms with E-state index in [9.17, 15) is 4.79 Å². The number of carbonyl (C=O) groups is 1. The lowest BCUT2D eigenvalue weighted by Crippen LogP contribution is -2.47. The molecule has 0 saturated carbocycles. The summed E-state index contributed by atoms with van der Waals surface area (Å²) < 4.78 is 0. The van der Waals surface area contributed by atoms with Crippen molar-refractivity contribution in [3.63, 3.8) is 0 Å². The molecular weight excluding hydrogens is 202 g/mol. The molecule has 2 rings (SSSR count). The fourth-order valence-corrected chi connectivity index (χ4v) is 1.90. The first kappa shape index (κ1) is 11.0. The number of piperazine rings is 1. The van der Waals surface area contributed by atoms with E-state index in [0.717, 1.165) is 25.2 Å². The van der Waals surface area contributed by atoms with E-state index in [4.69, 9.17) is 5.73 Å². The van der Waals surface area contributed by atoms with Gasteiger partial charge in [0, 0.05) is 18.8 Å². The smallest absolute Gasteiger partial charge is 0.239 e. The van der Waals surface area contributed by atoms with Gasteiger partial charge in [-0.2, -0.15) is 0 Å². The van der Waals surface area contributed by atoms with Crippen molar-refractivity contribution in [2.75, 3.05) is 31.1 Å². The minimum absolute atomic E-state index is 0.0947. The molecule has 86 valence electrons. The SMILES string of the molecule is NCCc1ccc(N2CCNC(=O)C2)cc1. The summed E-state index contributed by atoms with van der Waals surface area (Å²) in [6, 6.07) is 8.27. The van der Waals surface area contributed by atoms with Crippen LogP contribution in [0.15, 0.2) is 24.3 Å². The Labute approximate surface area is 95.4 Å². The van der Waals surface area contributed by atoms with Gasteiger partial charge in [-0.15, -0.1) is 0 Å². The summed E-state index contributed by atoms with van der Waals surface area (Å²) in [5.41, 5.74) is 7.85. The molecule has 1 aromatic carbocycles. The number of amides is 1. The van der Waals surface area contributed by atoms with Crippen LogP contribution in [0.2, 0.25) is 0 Å². The Morgan fingerprint density at radius 2 is 2.06 bits per heavy atom. The van der Waals surface area contributed by atoms with Crippen LogP contribution >= 0.6 is 0 Å². The van der Waals surface area contributed by atoms with E-state index in [1.54, 1.807) is 0 Å². The first-order chi connectivity index (χ1) is 7.79. The zero-order valence-corrected chi connectivity index (χ0v) is 9.28. The average Bonchev–Trinajstić information content (AvgIpc) is 2.30. The van der Waals surface area contributed by atoms with Crippen LogP contribution in [0.25, 0.3) is 0 Å². The van der Waals surface area contributed by atoms with Crippen LogP contribution in [0.3, 0.4) is 0 Å². The van der Waals surface area contributed by atoms with Crippen molar-refractivity contribution in [1.29, 1.82) is 0 Å². The quantitative estimate of drug-likeness (QED) is 0.759. The maximum absolute atomic E-state index is 11.2. The third kappa shape index (κ3) is 2.52. The van der Waals surface area contributed by atoms with E-state index in [1.807, 2.05) is 0 Å². The number of benzene rings is 1. The van der Waals surface area contributed by atoms with E-state index in [0.29, 0.717) is 13.1 Å². The number of hydrogen-bond acceptors (Lipinski definition) is 3. The van der Waals surface area contributed by atoms with Crippen LogP contribution in [0.1, 0.15) is 5.56 Å². The Morgan fingerprint density at radius 1 is 1.31 bits per heavy atom. The third-order valence-corrected chi connectivity index (χ3v) is 2.77. The predicted molar refractivity (Wildman–Crippen MR) is 64.4 cm³/mol. The highest BCUT2D eigenvalue weighted by atomic mass is 16.2. The Hall–Kier alpha value is -1.55. The number of nitrogens with one attached hydrogen (secondary N) is 1. The van der Waals surface area contributed by atoms with Gasteiger partial charge in [0.15, 0.2) is 0 Å². The lowest BCUT2D eigenvalue weighted by Gasteiger charge is -2.28. The lowest BCUT2D eigenvalue weighted by atomic mass is 10.1. The minimum Gasteiger partial charge on any atom is -0.360 e. The number of hydrogen-bond donors (Lipinski definition) is 2. The molecule has 16 heavy (non-hydrogen) atoms. The van der Waals surface area contributed by atoms with Gasteiger partial charge in [-0.1, -0.05) is 12.1 Å². The van der Waals surface area contributed by atoms with Crippen molar-refractivity contribution in [1.82, 2.24) is 5.32 Å². The predicted octanol–water partition coefficient (Wildman–Crippen LogP) is 0.124. The van der Waals surface area contributed by atoms with Crippen molar-refractivity contribution in [2.45, 2.75) is 6.42 Å². The van der Waals surface area contributed by atoms with Gasteiger partial charge in [-0.05, 0) is 30.7 Å². The molecule has 1 heterocycles. The van der Waals surface area contributed by atoms with E-state index in [-0.39, 0.29) is 5.91 Å². The summed E-state index contributed by atoms with van der Waals surface area (Å²) in [7, 11) is 0. The number of anilines is 1. The van der Waals surface area contributed by atoms with E-state index < -0.39 is 0 Å². The molecule has 1 fully saturated rings. The van der Waals surface area contributed by atoms with E-state index in [2.05, 4.69) is 34.5 Å². The van der Waals surface area contributed by atoms with Crippen LogP contribution in [-0.2, 0) is 11.2 Å². The molecule has 0 radical (unpaired) electrons. The summed E-state index contributed by atoms with van der Waals surface area (Å²) in [5, 5.41) is 2.82. The molecule has 1 amide bonds. The topological polar surface area (TPSA) is 58.4 Å². The van der Waals surface area contributed by atoms with Crippen molar-refractivity contribution in [3.05, 3.63) is 29.8 Å². The fraction of sp³-hybridized carbons (Fsp3) is 0.417. The number of rotatable bonds is 3. The van der Waals surface area contributed by atoms with Crippen LogP contribution in [0.5, 0.6) is 0 Å². The van der Waals surface area contributed by atoms with Gasteiger partial charge in [0.25, 0.3) is 0 Å². The highest BCUT2D eigenvalue weighted by Gasteiger charge is 2.15. The average molecular weight is 219 g/mol. The maximum atomic E-state index is 11.2. The third-order valence-electron chi connectivity index (χ3n) is 2.77. The van der Waals surface area contributed by atoms with Gasteiger partial charge in [-0.25, -0.2) is 0 Å².